The van der Waals surface area contributed by atoms with Crippen LogP contribution in [0.2, 0.25) is 0 Å². The molecule has 0 aliphatic carbocycles. The highest BCUT2D eigenvalue weighted by Gasteiger charge is 2.42. The van der Waals surface area contributed by atoms with Gasteiger partial charge in [0.25, 0.3) is 0 Å². The molecule has 1 fully saturated rings. The van der Waals surface area contributed by atoms with Crippen molar-refractivity contribution >= 4 is 18.1 Å². The lowest BCUT2D eigenvalue weighted by molar-refractivity contribution is -0.163. The minimum Gasteiger partial charge on any atom is -0.456 e. The fraction of sp³-hybridized carbons (Fsp3) is 0.727. The average molecular weight is 276 g/mol. The summed E-state index contributed by atoms with van der Waals surface area (Å²) in [5, 5.41) is 0. The maximum atomic E-state index is 11.0. The lowest BCUT2D eigenvalue weighted by Crippen LogP contribution is -2.39. The monoisotopic (exact) mass is 276 g/mol. The topological polar surface area (TPSA) is 97.4 Å². The summed E-state index contributed by atoms with van der Waals surface area (Å²) in [6, 6.07) is 0. The van der Waals surface area contributed by atoms with Gasteiger partial charge in [-0.25, -0.2) is 4.79 Å². The fourth-order valence-corrected chi connectivity index (χ4v) is 1.66. The van der Waals surface area contributed by atoms with Gasteiger partial charge in [0.1, 0.15) is 12.7 Å². The standard InChI is InChI=1S/C11H16O8/c1-6(12)18-9-5-16-8(4-17-11(14)15-3)10(9)19-7(2)13/h8-10H,4-5H2,1-3H3. The molecular weight excluding hydrogens is 260 g/mol. The first-order chi connectivity index (χ1) is 8.93. The maximum Gasteiger partial charge on any atom is 0.508 e. The quantitative estimate of drug-likeness (QED) is 0.524. The summed E-state index contributed by atoms with van der Waals surface area (Å²) in [5.41, 5.74) is 0. The van der Waals surface area contributed by atoms with Crippen molar-refractivity contribution < 1.29 is 38.1 Å². The predicted octanol–water partition coefficient (Wildman–Crippen LogP) is 0.0316. The molecule has 0 spiro atoms. The molecule has 1 rings (SSSR count). The van der Waals surface area contributed by atoms with Crippen LogP contribution < -0.4 is 0 Å². The number of carbonyl (C=O) groups excluding carboxylic acids is 3. The Morgan fingerprint density at radius 2 is 1.79 bits per heavy atom. The van der Waals surface area contributed by atoms with Gasteiger partial charge in [-0.1, -0.05) is 0 Å². The second-order valence-corrected chi connectivity index (χ2v) is 3.86. The van der Waals surface area contributed by atoms with Crippen molar-refractivity contribution in [1.29, 1.82) is 0 Å². The van der Waals surface area contributed by atoms with Crippen molar-refractivity contribution in [2.75, 3.05) is 20.3 Å². The smallest absolute Gasteiger partial charge is 0.456 e. The second kappa shape index (κ2) is 6.93. The SMILES string of the molecule is COC(=O)OCC1OCC(OC(C)=O)C1OC(C)=O. The molecule has 3 atom stereocenters. The average Bonchev–Trinajstić information content (AvgIpc) is 2.67. The van der Waals surface area contributed by atoms with Gasteiger partial charge < -0.3 is 23.7 Å². The number of hydrogen-bond acceptors (Lipinski definition) is 8. The third-order valence-electron chi connectivity index (χ3n) is 2.36. The summed E-state index contributed by atoms with van der Waals surface area (Å²) in [6.45, 7) is 2.36. The lowest BCUT2D eigenvalue weighted by Gasteiger charge is -2.21. The Morgan fingerprint density at radius 1 is 1.16 bits per heavy atom. The number of rotatable bonds is 4. The first kappa shape index (κ1) is 15.2. The van der Waals surface area contributed by atoms with Gasteiger partial charge in [-0.15, -0.1) is 0 Å². The molecule has 0 N–H and O–H groups in total. The Hall–Kier alpha value is -1.83. The molecule has 0 aromatic carbocycles. The van der Waals surface area contributed by atoms with E-state index in [0.717, 1.165) is 0 Å². The summed E-state index contributed by atoms with van der Waals surface area (Å²) in [7, 11) is 1.17. The van der Waals surface area contributed by atoms with Gasteiger partial charge >= 0.3 is 18.1 Å². The number of hydrogen-bond donors (Lipinski definition) is 0. The molecule has 1 aliphatic heterocycles. The molecule has 0 aromatic rings. The Kier molecular flexibility index (Phi) is 5.56. The van der Waals surface area contributed by atoms with Crippen LogP contribution >= 0.6 is 0 Å². The summed E-state index contributed by atoms with van der Waals surface area (Å²) in [5.74, 6) is -1.06. The van der Waals surface area contributed by atoms with Crippen molar-refractivity contribution in [1.82, 2.24) is 0 Å². The van der Waals surface area contributed by atoms with Gasteiger partial charge in [-0.05, 0) is 0 Å². The second-order valence-electron chi connectivity index (χ2n) is 3.86. The van der Waals surface area contributed by atoms with Gasteiger partial charge in [0.05, 0.1) is 13.7 Å². The van der Waals surface area contributed by atoms with Crippen LogP contribution in [0.5, 0.6) is 0 Å². The molecule has 0 bridgehead atoms. The van der Waals surface area contributed by atoms with E-state index in [1.165, 1.54) is 21.0 Å². The molecule has 1 saturated heterocycles. The molecule has 1 aliphatic rings. The summed E-state index contributed by atoms with van der Waals surface area (Å²) in [4.78, 5) is 32.8. The van der Waals surface area contributed by atoms with E-state index < -0.39 is 36.4 Å². The molecule has 1 heterocycles. The van der Waals surface area contributed by atoms with Gasteiger partial charge in [0, 0.05) is 13.8 Å². The first-order valence-corrected chi connectivity index (χ1v) is 5.60. The lowest BCUT2D eigenvalue weighted by atomic mass is 10.1. The number of ether oxygens (including phenoxy) is 5. The highest BCUT2D eigenvalue weighted by Crippen LogP contribution is 2.21. The van der Waals surface area contributed by atoms with Crippen molar-refractivity contribution in [3.05, 3.63) is 0 Å². The van der Waals surface area contributed by atoms with E-state index in [9.17, 15) is 14.4 Å². The molecular formula is C11H16O8. The van der Waals surface area contributed by atoms with Crippen LogP contribution in [0.3, 0.4) is 0 Å². The van der Waals surface area contributed by atoms with E-state index in [2.05, 4.69) is 4.74 Å². The Bertz CT molecular complexity index is 353. The summed E-state index contributed by atoms with van der Waals surface area (Å²) >= 11 is 0. The van der Waals surface area contributed by atoms with Gasteiger partial charge in [0.2, 0.25) is 0 Å². The number of carbonyl (C=O) groups is 3. The van der Waals surface area contributed by atoms with Crippen LogP contribution in [0.1, 0.15) is 13.8 Å². The minimum absolute atomic E-state index is 0.0622. The van der Waals surface area contributed by atoms with Crippen molar-refractivity contribution in [3.63, 3.8) is 0 Å². The molecule has 0 amide bonds. The third-order valence-corrected chi connectivity index (χ3v) is 2.36. The van der Waals surface area contributed by atoms with Crippen molar-refractivity contribution in [3.8, 4) is 0 Å². The molecule has 108 valence electrons. The molecule has 0 saturated carbocycles. The molecule has 0 aromatic heterocycles. The van der Waals surface area contributed by atoms with Gasteiger partial charge in [-0.2, -0.15) is 0 Å². The molecule has 19 heavy (non-hydrogen) atoms. The van der Waals surface area contributed by atoms with Crippen LogP contribution in [0.15, 0.2) is 0 Å². The number of methoxy groups -OCH3 is 1. The zero-order chi connectivity index (χ0) is 14.4. The molecule has 3 unspecified atom stereocenters. The Balaban J connectivity index is 2.61. The van der Waals surface area contributed by atoms with Crippen molar-refractivity contribution in [2.45, 2.75) is 32.2 Å². The fourth-order valence-electron chi connectivity index (χ4n) is 1.66. The highest BCUT2D eigenvalue weighted by atomic mass is 16.7. The van der Waals surface area contributed by atoms with E-state index in [-0.39, 0.29) is 13.2 Å². The van der Waals surface area contributed by atoms with E-state index in [1.807, 2.05) is 0 Å². The normalized spacial score (nSPS) is 25.5. The Labute approximate surface area is 109 Å². The highest BCUT2D eigenvalue weighted by molar-refractivity contribution is 5.67. The van der Waals surface area contributed by atoms with Crippen LogP contribution in [0.25, 0.3) is 0 Å². The zero-order valence-electron chi connectivity index (χ0n) is 10.9. The van der Waals surface area contributed by atoms with E-state index >= 15 is 0 Å². The Morgan fingerprint density at radius 3 is 2.32 bits per heavy atom. The molecule has 8 heteroatoms. The van der Waals surface area contributed by atoms with E-state index in [1.54, 1.807) is 0 Å². The van der Waals surface area contributed by atoms with Crippen LogP contribution in [-0.2, 0) is 33.3 Å². The first-order valence-electron chi connectivity index (χ1n) is 5.60. The summed E-state index contributed by atoms with van der Waals surface area (Å²) < 4.78 is 24.3. The zero-order valence-corrected chi connectivity index (χ0v) is 10.9. The van der Waals surface area contributed by atoms with Gasteiger partial charge in [0.15, 0.2) is 12.2 Å². The van der Waals surface area contributed by atoms with Crippen molar-refractivity contribution in [2.24, 2.45) is 0 Å². The third kappa shape index (κ3) is 4.74. The maximum absolute atomic E-state index is 11.0. The van der Waals surface area contributed by atoms with E-state index in [4.69, 9.17) is 18.9 Å². The summed E-state index contributed by atoms with van der Waals surface area (Å²) in [6.07, 6.45) is -3.10. The van der Waals surface area contributed by atoms with Gasteiger partial charge in [-0.3, -0.25) is 9.59 Å². The molecule has 0 radical (unpaired) electrons. The largest absolute Gasteiger partial charge is 0.508 e. The molecule has 8 nitrogen and oxygen atoms in total. The number of esters is 2. The minimum atomic E-state index is -0.874. The van der Waals surface area contributed by atoms with Crippen LogP contribution in [-0.4, -0.2) is 56.7 Å². The van der Waals surface area contributed by atoms with E-state index in [0.29, 0.717) is 0 Å². The van der Waals surface area contributed by atoms with Crippen LogP contribution in [0, 0.1) is 0 Å². The van der Waals surface area contributed by atoms with Crippen LogP contribution in [0.4, 0.5) is 4.79 Å². The predicted molar refractivity (Wildman–Crippen MR) is 59.2 cm³/mol.